The van der Waals surface area contributed by atoms with E-state index in [0.717, 1.165) is 6.42 Å². The van der Waals surface area contributed by atoms with Gasteiger partial charge in [0, 0.05) is 30.7 Å². The molecule has 2 rings (SSSR count). The van der Waals surface area contributed by atoms with E-state index in [9.17, 15) is 13.2 Å². The van der Waals surface area contributed by atoms with Crippen molar-refractivity contribution in [1.29, 1.82) is 0 Å². The molecule has 0 aliphatic heterocycles. The standard InChI is InChI=1S/C15H21N3O3S2/c1-3-18(4-2)23(20,21)13-10-14(17-11-13)15(19)16-8-7-12-6-5-9-22-12/h5-6,9-11,17H,3-4,7-8H2,1-2H3,(H,16,19). The fourth-order valence-corrected chi connectivity index (χ4v) is 4.38. The molecule has 0 fully saturated rings. The van der Waals surface area contributed by atoms with Crippen LogP contribution >= 0.6 is 11.3 Å². The van der Waals surface area contributed by atoms with Crippen molar-refractivity contribution < 1.29 is 13.2 Å². The second-order valence-electron chi connectivity index (χ2n) is 4.92. The molecule has 0 bridgehead atoms. The Hall–Kier alpha value is -1.64. The first-order chi connectivity index (χ1) is 11.0. The summed E-state index contributed by atoms with van der Waals surface area (Å²) < 4.78 is 26.1. The summed E-state index contributed by atoms with van der Waals surface area (Å²) in [4.78, 5) is 16.1. The van der Waals surface area contributed by atoms with Gasteiger partial charge in [-0.1, -0.05) is 19.9 Å². The van der Waals surface area contributed by atoms with E-state index in [-0.39, 0.29) is 16.5 Å². The van der Waals surface area contributed by atoms with Crippen LogP contribution in [0, 0.1) is 0 Å². The Morgan fingerprint density at radius 2 is 2.09 bits per heavy atom. The molecule has 2 aromatic heterocycles. The summed E-state index contributed by atoms with van der Waals surface area (Å²) >= 11 is 1.64. The van der Waals surface area contributed by atoms with Gasteiger partial charge in [-0.2, -0.15) is 4.31 Å². The Bertz CT molecular complexity index is 732. The van der Waals surface area contributed by atoms with Crippen molar-refractivity contribution in [2.75, 3.05) is 19.6 Å². The minimum Gasteiger partial charge on any atom is -0.356 e. The van der Waals surface area contributed by atoms with Crippen molar-refractivity contribution >= 4 is 27.3 Å². The van der Waals surface area contributed by atoms with Gasteiger partial charge in [0.2, 0.25) is 10.0 Å². The van der Waals surface area contributed by atoms with Crippen LogP contribution in [0.3, 0.4) is 0 Å². The largest absolute Gasteiger partial charge is 0.356 e. The Balaban J connectivity index is 1.99. The molecule has 126 valence electrons. The predicted octanol–water partition coefficient (Wildman–Crippen LogP) is 2.08. The highest BCUT2D eigenvalue weighted by Crippen LogP contribution is 2.16. The van der Waals surface area contributed by atoms with Crippen LogP contribution in [0.25, 0.3) is 0 Å². The molecule has 6 nitrogen and oxygen atoms in total. The number of thiophene rings is 1. The molecular weight excluding hydrogens is 334 g/mol. The van der Waals surface area contributed by atoms with Gasteiger partial charge in [0.15, 0.2) is 0 Å². The van der Waals surface area contributed by atoms with Crippen molar-refractivity contribution in [2.24, 2.45) is 0 Å². The number of aromatic amines is 1. The molecule has 2 heterocycles. The lowest BCUT2D eigenvalue weighted by Gasteiger charge is -2.16. The monoisotopic (exact) mass is 355 g/mol. The predicted molar refractivity (Wildman–Crippen MR) is 91.3 cm³/mol. The van der Waals surface area contributed by atoms with E-state index in [2.05, 4.69) is 10.3 Å². The third-order valence-electron chi connectivity index (χ3n) is 3.48. The fourth-order valence-electron chi connectivity index (χ4n) is 2.22. The van der Waals surface area contributed by atoms with Gasteiger partial charge < -0.3 is 10.3 Å². The smallest absolute Gasteiger partial charge is 0.267 e. The summed E-state index contributed by atoms with van der Waals surface area (Å²) in [6, 6.07) is 5.37. The number of carbonyl (C=O) groups is 1. The number of nitrogens with one attached hydrogen (secondary N) is 2. The molecule has 0 radical (unpaired) electrons. The average molecular weight is 355 g/mol. The van der Waals surface area contributed by atoms with Gasteiger partial charge in [-0.3, -0.25) is 4.79 Å². The Labute approximate surface area is 140 Å². The number of hydrogen-bond donors (Lipinski definition) is 2. The number of carbonyl (C=O) groups excluding carboxylic acids is 1. The minimum absolute atomic E-state index is 0.115. The molecule has 23 heavy (non-hydrogen) atoms. The summed E-state index contributed by atoms with van der Waals surface area (Å²) in [6.07, 6.45) is 2.12. The number of aromatic nitrogens is 1. The lowest BCUT2D eigenvalue weighted by Crippen LogP contribution is -2.30. The van der Waals surface area contributed by atoms with Gasteiger partial charge in [-0.25, -0.2) is 8.42 Å². The molecule has 1 amide bonds. The highest BCUT2D eigenvalue weighted by molar-refractivity contribution is 7.89. The van der Waals surface area contributed by atoms with Crippen LogP contribution in [0.1, 0.15) is 29.2 Å². The number of sulfonamides is 1. The fraction of sp³-hybridized carbons (Fsp3) is 0.400. The maximum absolute atomic E-state index is 12.4. The van der Waals surface area contributed by atoms with E-state index in [1.807, 2.05) is 17.5 Å². The lowest BCUT2D eigenvalue weighted by atomic mass is 10.3. The van der Waals surface area contributed by atoms with Crippen molar-refractivity contribution in [3.05, 3.63) is 40.3 Å². The van der Waals surface area contributed by atoms with Crippen molar-refractivity contribution in [3.8, 4) is 0 Å². The Kier molecular flexibility index (Phi) is 5.97. The van der Waals surface area contributed by atoms with Crippen LogP contribution in [-0.4, -0.2) is 43.2 Å². The second-order valence-corrected chi connectivity index (χ2v) is 7.89. The molecule has 0 atom stereocenters. The highest BCUT2D eigenvalue weighted by Gasteiger charge is 2.23. The number of rotatable bonds is 8. The summed E-state index contributed by atoms with van der Waals surface area (Å²) in [7, 11) is -3.55. The molecule has 2 N–H and O–H groups in total. The topological polar surface area (TPSA) is 82.3 Å². The third-order valence-corrected chi connectivity index (χ3v) is 6.45. The molecular formula is C15H21N3O3S2. The van der Waals surface area contributed by atoms with Crippen LogP contribution < -0.4 is 5.32 Å². The molecule has 8 heteroatoms. The van der Waals surface area contributed by atoms with Crippen LogP contribution in [-0.2, 0) is 16.4 Å². The third kappa shape index (κ3) is 4.21. The van der Waals surface area contributed by atoms with E-state index >= 15 is 0 Å². The first-order valence-electron chi connectivity index (χ1n) is 7.48. The Morgan fingerprint density at radius 3 is 2.70 bits per heavy atom. The van der Waals surface area contributed by atoms with E-state index in [0.29, 0.717) is 19.6 Å². The molecule has 2 aromatic rings. The van der Waals surface area contributed by atoms with Gasteiger partial charge in [0.1, 0.15) is 10.6 Å². The zero-order valence-corrected chi connectivity index (χ0v) is 14.8. The van der Waals surface area contributed by atoms with Crippen LogP contribution in [0.2, 0.25) is 0 Å². The van der Waals surface area contributed by atoms with Crippen molar-refractivity contribution in [2.45, 2.75) is 25.2 Å². The second kappa shape index (κ2) is 7.76. The zero-order chi connectivity index (χ0) is 16.9. The minimum atomic E-state index is -3.55. The van der Waals surface area contributed by atoms with E-state index in [1.54, 1.807) is 25.2 Å². The van der Waals surface area contributed by atoms with Crippen LogP contribution in [0.15, 0.2) is 34.7 Å². The van der Waals surface area contributed by atoms with Crippen molar-refractivity contribution in [3.63, 3.8) is 0 Å². The molecule has 0 unspecified atom stereocenters. The normalized spacial score (nSPS) is 11.8. The number of amides is 1. The first-order valence-corrected chi connectivity index (χ1v) is 9.80. The number of hydrogen-bond acceptors (Lipinski definition) is 4. The van der Waals surface area contributed by atoms with E-state index < -0.39 is 10.0 Å². The quantitative estimate of drug-likeness (QED) is 0.760. The first kappa shape index (κ1) is 17.7. The van der Waals surface area contributed by atoms with E-state index in [1.165, 1.54) is 21.4 Å². The van der Waals surface area contributed by atoms with Gasteiger partial charge in [-0.15, -0.1) is 11.3 Å². The van der Waals surface area contributed by atoms with Gasteiger partial charge in [0.25, 0.3) is 5.91 Å². The molecule has 0 spiro atoms. The molecule has 0 aromatic carbocycles. The van der Waals surface area contributed by atoms with E-state index in [4.69, 9.17) is 0 Å². The highest BCUT2D eigenvalue weighted by atomic mass is 32.2. The van der Waals surface area contributed by atoms with Gasteiger partial charge in [0.05, 0.1) is 0 Å². The molecule has 0 aliphatic carbocycles. The summed E-state index contributed by atoms with van der Waals surface area (Å²) in [6.45, 7) is 4.87. The average Bonchev–Trinajstić information content (AvgIpc) is 3.20. The number of H-pyrrole nitrogens is 1. The SMILES string of the molecule is CCN(CC)S(=O)(=O)c1c[nH]c(C(=O)NCCc2cccs2)c1. The summed E-state index contributed by atoms with van der Waals surface area (Å²) in [5.41, 5.74) is 0.252. The molecule has 0 saturated carbocycles. The molecule has 0 aliphatic rings. The Morgan fingerprint density at radius 1 is 1.35 bits per heavy atom. The lowest BCUT2D eigenvalue weighted by molar-refractivity contribution is 0.0950. The van der Waals surface area contributed by atoms with Crippen LogP contribution in [0.4, 0.5) is 0 Å². The maximum Gasteiger partial charge on any atom is 0.267 e. The van der Waals surface area contributed by atoms with Gasteiger partial charge in [-0.05, 0) is 23.9 Å². The maximum atomic E-state index is 12.4. The van der Waals surface area contributed by atoms with Crippen LogP contribution in [0.5, 0.6) is 0 Å². The summed E-state index contributed by atoms with van der Waals surface area (Å²) in [5, 5.41) is 4.78. The van der Waals surface area contributed by atoms with Gasteiger partial charge >= 0.3 is 0 Å². The zero-order valence-electron chi connectivity index (χ0n) is 13.2. The number of nitrogens with zero attached hydrogens (tertiary/aromatic N) is 1. The summed E-state index contributed by atoms with van der Waals surface area (Å²) in [5.74, 6) is -0.303. The van der Waals surface area contributed by atoms with Crippen molar-refractivity contribution in [1.82, 2.24) is 14.6 Å². The molecule has 0 saturated heterocycles.